The maximum atomic E-state index is 5.34. The van der Waals surface area contributed by atoms with Crippen LogP contribution in [-0.2, 0) is 0 Å². The van der Waals surface area contributed by atoms with Crippen molar-refractivity contribution in [1.82, 2.24) is 9.38 Å². The average Bonchev–Trinajstić information content (AvgIpc) is 2.81. The predicted molar refractivity (Wildman–Crippen MR) is 76.7 cm³/mol. The standard InChI is InChI=1S/C16H16N2O/c1-11-6-7-13(12(2)9-11)14-10-18-8-4-5-15(19-3)16(18)17-14/h4-10H,1-3H3. The lowest BCUT2D eigenvalue weighted by Gasteiger charge is -2.03. The van der Waals surface area contributed by atoms with Gasteiger partial charge in [0.2, 0.25) is 0 Å². The van der Waals surface area contributed by atoms with Crippen molar-refractivity contribution < 1.29 is 4.74 Å². The second-order valence-electron chi connectivity index (χ2n) is 4.75. The Labute approximate surface area is 112 Å². The highest BCUT2D eigenvalue weighted by Crippen LogP contribution is 2.26. The molecule has 0 aliphatic heterocycles. The van der Waals surface area contributed by atoms with Gasteiger partial charge in [0.25, 0.3) is 0 Å². The van der Waals surface area contributed by atoms with Gasteiger partial charge < -0.3 is 9.14 Å². The van der Waals surface area contributed by atoms with E-state index in [2.05, 4.69) is 37.0 Å². The molecule has 0 unspecified atom stereocenters. The Morgan fingerprint density at radius 2 is 2.00 bits per heavy atom. The summed E-state index contributed by atoms with van der Waals surface area (Å²) in [6.07, 6.45) is 4.02. The Morgan fingerprint density at radius 1 is 1.16 bits per heavy atom. The first-order valence-corrected chi connectivity index (χ1v) is 6.28. The van der Waals surface area contributed by atoms with Crippen molar-refractivity contribution in [3.8, 4) is 17.0 Å². The molecule has 0 fully saturated rings. The van der Waals surface area contributed by atoms with Gasteiger partial charge in [0.1, 0.15) is 0 Å². The Bertz CT molecular complexity index is 744. The number of methoxy groups -OCH3 is 1. The molecule has 0 saturated carbocycles. The largest absolute Gasteiger partial charge is 0.493 e. The van der Waals surface area contributed by atoms with E-state index >= 15 is 0 Å². The van der Waals surface area contributed by atoms with Gasteiger partial charge in [-0.1, -0.05) is 23.8 Å². The second kappa shape index (κ2) is 4.43. The quantitative estimate of drug-likeness (QED) is 0.696. The van der Waals surface area contributed by atoms with E-state index in [0.29, 0.717) is 0 Å². The Morgan fingerprint density at radius 3 is 2.74 bits per heavy atom. The van der Waals surface area contributed by atoms with Gasteiger partial charge in [-0.15, -0.1) is 0 Å². The molecular weight excluding hydrogens is 236 g/mol. The van der Waals surface area contributed by atoms with Crippen molar-refractivity contribution in [2.75, 3.05) is 7.11 Å². The maximum absolute atomic E-state index is 5.34. The van der Waals surface area contributed by atoms with Gasteiger partial charge in [-0.2, -0.15) is 0 Å². The van der Waals surface area contributed by atoms with Gasteiger partial charge in [0, 0.05) is 18.0 Å². The van der Waals surface area contributed by atoms with E-state index in [0.717, 1.165) is 22.7 Å². The number of aromatic nitrogens is 2. The molecule has 3 nitrogen and oxygen atoms in total. The highest BCUT2D eigenvalue weighted by atomic mass is 16.5. The summed E-state index contributed by atoms with van der Waals surface area (Å²) in [6, 6.07) is 10.3. The zero-order valence-corrected chi connectivity index (χ0v) is 11.3. The van der Waals surface area contributed by atoms with Gasteiger partial charge in [0.15, 0.2) is 11.4 Å². The molecule has 2 heterocycles. The SMILES string of the molecule is COc1cccn2cc(-c3ccc(C)cc3C)nc12. The molecule has 0 N–H and O–H groups in total. The predicted octanol–water partition coefficient (Wildman–Crippen LogP) is 3.63. The summed E-state index contributed by atoms with van der Waals surface area (Å²) in [5, 5.41) is 0. The topological polar surface area (TPSA) is 26.5 Å². The first kappa shape index (κ1) is 11.8. The van der Waals surface area contributed by atoms with Crippen LogP contribution in [0, 0.1) is 13.8 Å². The third kappa shape index (κ3) is 1.97. The lowest BCUT2D eigenvalue weighted by atomic mass is 10.0. The van der Waals surface area contributed by atoms with Crippen LogP contribution in [0.1, 0.15) is 11.1 Å². The van der Waals surface area contributed by atoms with Crippen molar-refractivity contribution >= 4 is 5.65 Å². The monoisotopic (exact) mass is 252 g/mol. The van der Waals surface area contributed by atoms with Gasteiger partial charge >= 0.3 is 0 Å². The molecule has 1 aromatic carbocycles. The van der Waals surface area contributed by atoms with Crippen LogP contribution in [0.3, 0.4) is 0 Å². The van der Waals surface area contributed by atoms with E-state index < -0.39 is 0 Å². The van der Waals surface area contributed by atoms with Gasteiger partial charge in [0.05, 0.1) is 12.8 Å². The van der Waals surface area contributed by atoms with Crippen LogP contribution < -0.4 is 4.74 Å². The second-order valence-corrected chi connectivity index (χ2v) is 4.75. The fourth-order valence-electron chi connectivity index (χ4n) is 2.38. The molecule has 3 aromatic rings. The van der Waals surface area contributed by atoms with E-state index in [1.54, 1.807) is 7.11 Å². The molecule has 0 atom stereocenters. The number of fused-ring (bicyclic) bond motifs is 1. The summed E-state index contributed by atoms with van der Waals surface area (Å²) < 4.78 is 7.34. The van der Waals surface area contributed by atoms with E-state index in [1.807, 2.05) is 28.9 Å². The van der Waals surface area contributed by atoms with Crippen molar-refractivity contribution in [1.29, 1.82) is 0 Å². The first-order valence-electron chi connectivity index (χ1n) is 6.28. The fraction of sp³-hybridized carbons (Fsp3) is 0.188. The van der Waals surface area contributed by atoms with Crippen molar-refractivity contribution in [2.24, 2.45) is 0 Å². The lowest BCUT2D eigenvalue weighted by molar-refractivity contribution is 0.417. The number of hydrogen-bond acceptors (Lipinski definition) is 2. The van der Waals surface area contributed by atoms with Crippen molar-refractivity contribution in [3.05, 3.63) is 53.9 Å². The molecule has 3 rings (SSSR count). The van der Waals surface area contributed by atoms with Gasteiger partial charge in [-0.3, -0.25) is 0 Å². The summed E-state index contributed by atoms with van der Waals surface area (Å²) in [5.41, 5.74) is 5.49. The number of aryl methyl sites for hydroxylation is 2. The van der Waals surface area contributed by atoms with Crippen LogP contribution in [-0.4, -0.2) is 16.5 Å². The zero-order valence-electron chi connectivity index (χ0n) is 11.3. The van der Waals surface area contributed by atoms with Crippen LogP contribution in [0.2, 0.25) is 0 Å². The van der Waals surface area contributed by atoms with E-state index in [9.17, 15) is 0 Å². The van der Waals surface area contributed by atoms with E-state index in [-0.39, 0.29) is 0 Å². The van der Waals surface area contributed by atoms with E-state index in [4.69, 9.17) is 4.74 Å². The molecule has 0 saturated heterocycles. The lowest BCUT2D eigenvalue weighted by Crippen LogP contribution is -1.88. The molecule has 3 heteroatoms. The highest BCUT2D eigenvalue weighted by molar-refractivity contribution is 5.68. The summed E-state index contributed by atoms with van der Waals surface area (Å²) in [7, 11) is 1.67. The minimum Gasteiger partial charge on any atom is -0.493 e. The van der Waals surface area contributed by atoms with Crippen molar-refractivity contribution in [2.45, 2.75) is 13.8 Å². The summed E-state index contributed by atoms with van der Waals surface area (Å²) in [6.45, 7) is 4.22. The fourth-order valence-corrected chi connectivity index (χ4v) is 2.38. The summed E-state index contributed by atoms with van der Waals surface area (Å²) in [4.78, 5) is 4.68. The minimum atomic E-state index is 0.790. The molecule has 0 bridgehead atoms. The Kier molecular flexibility index (Phi) is 2.75. The highest BCUT2D eigenvalue weighted by Gasteiger charge is 2.09. The summed E-state index contributed by atoms with van der Waals surface area (Å²) in [5.74, 6) is 0.790. The number of rotatable bonds is 2. The molecule has 0 spiro atoms. The number of pyridine rings is 1. The number of nitrogens with zero attached hydrogens (tertiary/aromatic N) is 2. The number of benzene rings is 1. The van der Waals surface area contributed by atoms with Crippen LogP contribution in [0.4, 0.5) is 0 Å². The van der Waals surface area contributed by atoms with Crippen LogP contribution in [0.15, 0.2) is 42.7 Å². The normalized spacial score (nSPS) is 10.9. The molecule has 96 valence electrons. The van der Waals surface area contributed by atoms with Crippen molar-refractivity contribution in [3.63, 3.8) is 0 Å². The Hall–Kier alpha value is -2.29. The first-order chi connectivity index (χ1) is 9.19. The maximum Gasteiger partial charge on any atom is 0.180 e. The van der Waals surface area contributed by atoms with Gasteiger partial charge in [-0.25, -0.2) is 4.98 Å². The minimum absolute atomic E-state index is 0.790. The number of hydrogen-bond donors (Lipinski definition) is 0. The van der Waals surface area contributed by atoms with Crippen LogP contribution in [0.5, 0.6) is 5.75 Å². The number of imidazole rings is 1. The molecule has 0 radical (unpaired) electrons. The molecule has 19 heavy (non-hydrogen) atoms. The molecule has 0 amide bonds. The smallest absolute Gasteiger partial charge is 0.180 e. The Balaban J connectivity index is 2.20. The molecule has 0 aliphatic carbocycles. The van der Waals surface area contributed by atoms with Crippen LogP contribution in [0.25, 0.3) is 16.9 Å². The zero-order chi connectivity index (χ0) is 13.4. The molecule has 2 aromatic heterocycles. The third-order valence-corrected chi connectivity index (χ3v) is 3.32. The van der Waals surface area contributed by atoms with Gasteiger partial charge in [-0.05, 0) is 31.5 Å². The number of ether oxygens (including phenoxy) is 1. The molecular formula is C16H16N2O. The average molecular weight is 252 g/mol. The van der Waals surface area contributed by atoms with Crippen LogP contribution >= 0.6 is 0 Å². The summed E-state index contributed by atoms with van der Waals surface area (Å²) >= 11 is 0. The van der Waals surface area contributed by atoms with E-state index in [1.165, 1.54) is 11.1 Å². The third-order valence-electron chi connectivity index (χ3n) is 3.32. The molecule has 0 aliphatic rings.